The van der Waals surface area contributed by atoms with Crippen LogP contribution in [-0.4, -0.2) is 32.0 Å². The highest BCUT2D eigenvalue weighted by Gasteiger charge is 2.05. The van der Waals surface area contributed by atoms with E-state index in [1.54, 1.807) is 26.1 Å². The smallest absolute Gasteiger partial charge is 0.226 e. The molecule has 0 bridgehead atoms. The van der Waals surface area contributed by atoms with Crippen LogP contribution in [0.2, 0.25) is 0 Å². The van der Waals surface area contributed by atoms with E-state index in [-0.39, 0.29) is 5.91 Å². The van der Waals surface area contributed by atoms with Gasteiger partial charge in [-0.3, -0.25) is 4.79 Å². The molecule has 14 heavy (non-hydrogen) atoms. The first-order valence-electron chi connectivity index (χ1n) is 4.46. The van der Waals surface area contributed by atoms with E-state index in [2.05, 4.69) is 0 Å². The number of carbonyl (C=O) groups is 1. The number of likely N-dealkylation sites (N-methyl/N-ethyl adjacent to an activating group) is 1. The Morgan fingerprint density at radius 3 is 2.71 bits per heavy atom. The second kappa shape index (κ2) is 4.65. The van der Waals surface area contributed by atoms with Crippen molar-refractivity contribution < 1.29 is 9.53 Å². The highest BCUT2D eigenvalue weighted by atomic mass is 16.5. The molecule has 1 aromatic rings. The average molecular weight is 193 g/mol. The zero-order valence-corrected chi connectivity index (χ0v) is 8.78. The minimum absolute atomic E-state index is 0.0956. The maximum absolute atomic E-state index is 11.4. The molecule has 0 saturated heterocycles. The number of methoxy groups -OCH3 is 1. The predicted octanol–water partition coefficient (Wildman–Crippen LogP) is 1.33. The van der Waals surface area contributed by atoms with Crippen molar-refractivity contribution in [2.24, 2.45) is 0 Å². The van der Waals surface area contributed by atoms with Crippen molar-refractivity contribution in [2.75, 3.05) is 21.2 Å². The van der Waals surface area contributed by atoms with Gasteiger partial charge in [-0.2, -0.15) is 0 Å². The first-order chi connectivity index (χ1) is 6.63. The van der Waals surface area contributed by atoms with Crippen LogP contribution in [0.25, 0.3) is 0 Å². The monoisotopic (exact) mass is 193 g/mol. The highest BCUT2D eigenvalue weighted by molar-refractivity contribution is 5.78. The van der Waals surface area contributed by atoms with Gasteiger partial charge in [-0.1, -0.05) is 12.1 Å². The van der Waals surface area contributed by atoms with Gasteiger partial charge in [-0.05, 0) is 17.7 Å². The molecule has 3 heteroatoms. The van der Waals surface area contributed by atoms with Crippen molar-refractivity contribution in [1.29, 1.82) is 0 Å². The van der Waals surface area contributed by atoms with E-state index in [9.17, 15) is 4.79 Å². The quantitative estimate of drug-likeness (QED) is 0.724. The Bertz CT molecular complexity index is 321. The van der Waals surface area contributed by atoms with Crippen LogP contribution in [-0.2, 0) is 11.2 Å². The van der Waals surface area contributed by atoms with Crippen LogP contribution in [0, 0.1) is 0 Å². The first-order valence-corrected chi connectivity index (χ1v) is 4.46. The highest BCUT2D eigenvalue weighted by Crippen LogP contribution is 2.13. The second-order valence-corrected chi connectivity index (χ2v) is 3.32. The molecule has 0 spiro atoms. The molecule has 0 atom stereocenters. The molecule has 0 unspecified atom stereocenters. The van der Waals surface area contributed by atoms with Crippen molar-refractivity contribution in [3.63, 3.8) is 0 Å². The molecule has 1 amide bonds. The van der Waals surface area contributed by atoms with Crippen LogP contribution in [0.3, 0.4) is 0 Å². The van der Waals surface area contributed by atoms with Crippen molar-refractivity contribution in [1.82, 2.24) is 4.90 Å². The molecule has 0 N–H and O–H groups in total. The van der Waals surface area contributed by atoms with Gasteiger partial charge < -0.3 is 9.64 Å². The Hall–Kier alpha value is -1.51. The lowest BCUT2D eigenvalue weighted by Crippen LogP contribution is -2.23. The number of nitrogens with zero attached hydrogens (tertiary/aromatic N) is 1. The third-order valence-electron chi connectivity index (χ3n) is 1.99. The zero-order chi connectivity index (χ0) is 10.6. The van der Waals surface area contributed by atoms with Crippen LogP contribution in [0.4, 0.5) is 0 Å². The summed E-state index contributed by atoms with van der Waals surface area (Å²) >= 11 is 0. The van der Waals surface area contributed by atoms with Crippen molar-refractivity contribution in [3.05, 3.63) is 29.8 Å². The van der Waals surface area contributed by atoms with Gasteiger partial charge in [0.15, 0.2) is 0 Å². The normalized spacial score (nSPS) is 9.64. The van der Waals surface area contributed by atoms with Crippen molar-refractivity contribution in [3.8, 4) is 5.75 Å². The van der Waals surface area contributed by atoms with E-state index >= 15 is 0 Å². The Labute approximate surface area is 84.3 Å². The molecule has 3 nitrogen and oxygen atoms in total. The minimum Gasteiger partial charge on any atom is -0.497 e. The summed E-state index contributed by atoms with van der Waals surface area (Å²) in [5, 5.41) is 0. The largest absolute Gasteiger partial charge is 0.497 e. The Kier molecular flexibility index (Phi) is 3.51. The lowest BCUT2D eigenvalue weighted by Gasteiger charge is -2.10. The molecule has 0 aromatic heterocycles. The molecule has 0 aliphatic carbocycles. The number of carbonyl (C=O) groups excluding carboxylic acids is 1. The lowest BCUT2D eigenvalue weighted by atomic mass is 10.1. The van der Waals surface area contributed by atoms with Gasteiger partial charge in [-0.25, -0.2) is 0 Å². The summed E-state index contributed by atoms with van der Waals surface area (Å²) in [7, 11) is 5.12. The van der Waals surface area contributed by atoms with E-state index < -0.39 is 0 Å². The summed E-state index contributed by atoms with van der Waals surface area (Å²) in [6.07, 6.45) is 0.421. The fraction of sp³-hybridized carbons (Fsp3) is 0.364. The van der Waals surface area contributed by atoms with E-state index in [0.29, 0.717) is 6.42 Å². The number of amides is 1. The SMILES string of the molecule is COc1cccc(CC(=O)N(C)C)c1. The summed E-state index contributed by atoms with van der Waals surface area (Å²) in [6.45, 7) is 0. The van der Waals surface area contributed by atoms with E-state index in [1.165, 1.54) is 0 Å². The fourth-order valence-electron chi connectivity index (χ4n) is 1.12. The van der Waals surface area contributed by atoms with Gasteiger partial charge in [0.1, 0.15) is 5.75 Å². The van der Waals surface area contributed by atoms with Gasteiger partial charge in [0, 0.05) is 14.1 Å². The molecule has 0 fully saturated rings. The van der Waals surface area contributed by atoms with Gasteiger partial charge in [0.2, 0.25) is 5.91 Å². The van der Waals surface area contributed by atoms with Crippen molar-refractivity contribution >= 4 is 5.91 Å². The Morgan fingerprint density at radius 1 is 1.43 bits per heavy atom. The molecule has 0 saturated carbocycles. The minimum atomic E-state index is 0.0956. The summed E-state index contributed by atoms with van der Waals surface area (Å²) in [4.78, 5) is 13.0. The predicted molar refractivity (Wildman–Crippen MR) is 55.4 cm³/mol. The zero-order valence-electron chi connectivity index (χ0n) is 8.78. The second-order valence-electron chi connectivity index (χ2n) is 3.32. The molecular weight excluding hydrogens is 178 g/mol. The summed E-state index contributed by atoms with van der Waals surface area (Å²) in [6, 6.07) is 7.55. The molecule has 76 valence electrons. The van der Waals surface area contributed by atoms with Gasteiger partial charge >= 0.3 is 0 Å². The van der Waals surface area contributed by atoms with Crippen LogP contribution in [0.15, 0.2) is 24.3 Å². The fourth-order valence-corrected chi connectivity index (χ4v) is 1.12. The van der Waals surface area contributed by atoms with E-state index in [0.717, 1.165) is 11.3 Å². The molecule has 0 aliphatic rings. The van der Waals surface area contributed by atoms with E-state index in [4.69, 9.17) is 4.74 Å². The van der Waals surface area contributed by atoms with Crippen LogP contribution >= 0.6 is 0 Å². The first kappa shape index (κ1) is 10.6. The molecule has 1 rings (SSSR count). The van der Waals surface area contributed by atoms with E-state index in [1.807, 2.05) is 24.3 Å². The number of benzene rings is 1. The maximum Gasteiger partial charge on any atom is 0.226 e. The number of hydrogen-bond acceptors (Lipinski definition) is 2. The average Bonchev–Trinajstić information content (AvgIpc) is 2.18. The molecule has 0 aliphatic heterocycles. The number of rotatable bonds is 3. The van der Waals surface area contributed by atoms with Crippen molar-refractivity contribution in [2.45, 2.75) is 6.42 Å². The lowest BCUT2D eigenvalue weighted by molar-refractivity contribution is -0.127. The molecule has 0 radical (unpaired) electrons. The standard InChI is InChI=1S/C11H15NO2/c1-12(2)11(13)8-9-5-4-6-10(7-9)14-3/h4-7H,8H2,1-3H3. The maximum atomic E-state index is 11.4. The van der Waals surface area contributed by atoms with Crippen LogP contribution < -0.4 is 4.74 Å². The summed E-state index contributed by atoms with van der Waals surface area (Å²) in [5.74, 6) is 0.882. The van der Waals surface area contributed by atoms with Crippen LogP contribution in [0.1, 0.15) is 5.56 Å². The van der Waals surface area contributed by atoms with Gasteiger partial charge in [-0.15, -0.1) is 0 Å². The Morgan fingerprint density at radius 2 is 2.14 bits per heavy atom. The van der Waals surface area contributed by atoms with Crippen LogP contribution in [0.5, 0.6) is 5.75 Å². The summed E-state index contributed by atoms with van der Waals surface area (Å²) in [5.41, 5.74) is 0.975. The van der Waals surface area contributed by atoms with Gasteiger partial charge in [0.05, 0.1) is 13.5 Å². The topological polar surface area (TPSA) is 29.5 Å². The molecule has 0 heterocycles. The summed E-state index contributed by atoms with van der Waals surface area (Å²) < 4.78 is 5.07. The molecular formula is C11H15NO2. The third kappa shape index (κ3) is 2.76. The van der Waals surface area contributed by atoms with Gasteiger partial charge in [0.25, 0.3) is 0 Å². The number of hydrogen-bond donors (Lipinski definition) is 0. The number of ether oxygens (including phenoxy) is 1. The third-order valence-corrected chi connectivity index (χ3v) is 1.99. The molecule has 1 aromatic carbocycles. The Balaban J connectivity index is 2.72.